The van der Waals surface area contributed by atoms with E-state index in [0.717, 1.165) is 63.1 Å². The molecule has 1 unspecified atom stereocenters. The van der Waals surface area contributed by atoms with Crippen LogP contribution in [-0.2, 0) is 0 Å². The number of aliphatic hydroxyl groups is 1. The molecular weight excluding hydrogens is 379 g/mol. The van der Waals surface area contributed by atoms with E-state index in [2.05, 4.69) is 34.5 Å². The smallest absolute Gasteiger partial charge is 0.0728 e. The Kier molecular flexibility index (Phi) is 5.77. The predicted octanol–water partition coefficient (Wildman–Crippen LogP) is 4.56. The molecule has 2 aliphatic rings. The van der Waals surface area contributed by atoms with Crippen molar-refractivity contribution in [3.05, 3.63) is 58.1 Å². The van der Waals surface area contributed by atoms with Gasteiger partial charge in [-0.1, -0.05) is 47.5 Å². The highest BCUT2D eigenvalue weighted by molar-refractivity contribution is 6.35. The number of halogens is 2. The van der Waals surface area contributed by atoms with Crippen molar-refractivity contribution in [3.8, 4) is 11.1 Å². The van der Waals surface area contributed by atoms with Gasteiger partial charge in [-0.25, -0.2) is 0 Å². The van der Waals surface area contributed by atoms with Gasteiger partial charge >= 0.3 is 0 Å². The SMILES string of the molecule is OC1(C(CN2CCNCC2)c2ccc(-c3cc(Cl)cc(Cl)c3)cc2)CCC1. The summed E-state index contributed by atoms with van der Waals surface area (Å²) in [6, 6.07) is 14.2. The molecule has 0 radical (unpaired) electrons. The van der Waals surface area contributed by atoms with Crippen LogP contribution in [0.2, 0.25) is 10.0 Å². The maximum absolute atomic E-state index is 11.1. The Morgan fingerprint density at radius 1 is 0.963 bits per heavy atom. The zero-order valence-electron chi connectivity index (χ0n) is 15.4. The molecule has 0 spiro atoms. The van der Waals surface area contributed by atoms with Gasteiger partial charge in [0.15, 0.2) is 0 Å². The van der Waals surface area contributed by atoms with E-state index in [0.29, 0.717) is 10.0 Å². The van der Waals surface area contributed by atoms with E-state index in [1.807, 2.05) is 12.1 Å². The van der Waals surface area contributed by atoms with E-state index in [1.54, 1.807) is 6.07 Å². The number of benzene rings is 2. The summed E-state index contributed by atoms with van der Waals surface area (Å²) in [5.74, 6) is 0.154. The van der Waals surface area contributed by atoms with Crippen molar-refractivity contribution in [2.45, 2.75) is 30.8 Å². The molecule has 0 aromatic heterocycles. The highest BCUT2D eigenvalue weighted by atomic mass is 35.5. The maximum Gasteiger partial charge on any atom is 0.0728 e. The first-order valence-electron chi connectivity index (χ1n) is 9.75. The molecule has 1 aliphatic carbocycles. The molecule has 2 fully saturated rings. The third-order valence-corrected chi connectivity index (χ3v) is 6.46. The molecule has 144 valence electrons. The highest BCUT2D eigenvalue weighted by Crippen LogP contribution is 2.44. The van der Waals surface area contributed by atoms with Crippen molar-refractivity contribution in [1.82, 2.24) is 10.2 Å². The second-order valence-electron chi connectivity index (χ2n) is 7.84. The van der Waals surface area contributed by atoms with Crippen LogP contribution in [0.1, 0.15) is 30.7 Å². The van der Waals surface area contributed by atoms with Crippen LogP contribution in [0.4, 0.5) is 0 Å². The van der Waals surface area contributed by atoms with Crippen LogP contribution in [0.5, 0.6) is 0 Å². The molecular formula is C22H26Cl2N2O. The Balaban J connectivity index is 1.58. The summed E-state index contributed by atoms with van der Waals surface area (Å²) in [6.07, 6.45) is 2.92. The predicted molar refractivity (Wildman–Crippen MR) is 113 cm³/mol. The zero-order valence-corrected chi connectivity index (χ0v) is 16.9. The molecule has 2 aromatic rings. The molecule has 2 N–H and O–H groups in total. The Bertz CT molecular complexity index is 763. The normalized spacial score (nSPS) is 20.9. The second-order valence-corrected chi connectivity index (χ2v) is 8.71. The summed E-state index contributed by atoms with van der Waals surface area (Å²) in [5.41, 5.74) is 2.75. The van der Waals surface area contributed by atoms with Crippen LogP contribution in [0, 0.1) is 0 Å². The van der Waals surface area contributed by atoms with Crippen LogP contribution < -0.4 is 5.32 Å². The van der Waals surface area contributed by atoms with Crippen LogP contribution in [0.15, 0.2) is 42.5 Å². The van der Waals surface area contributed by atoms with Gasteiger partial charge in [0, 0.05) is 48.7 Å². The Labute approximate surface area is 171 Å². The van der Waals surface area contributed by atoms with Crippen LogP contribution in [0.3, 0.4) is 0 Å². The number of rotatable bonds is 5. The number of nitrogens with zero attached hydrogens (tertiary/aromatic N) is 1. The van der Waals surface area contributed by atoms with Gasteiger partial charge in [-0.05, 0) is 54.2 Å². The minimum absolute atomic E-state index is 0.154. The first-order chi connectivity index (χ1) is 13.0. The first-order valence-corrected chi connectivity index (χ1v) is 10.5. The van der Waals surface area contributed by atoms with Gasteiger partial charge in [0.25, 0.3) is 0 Å². The van der Waals surface area contributed by atoms with Crippen LogP contribution in [0.25, 0.3) is 11.1 Å². The Hall–Kier alpha value is -1.10. The lowest BCUT2D eigenvalue weighted by Gasteiger charge is -2.46. The fraction of sp³-hybridized carbons (Fsp3) is 0.455. The summed E-state index contributed by atoms with van der Waals surface area (Å²) in [5, 5.41) is 15.8. The van der Waals surface area contributed by atoms with E-state index in [1.165, 1.54) is 5.56 Å². The van der Waals surface area contributed by atoms with Crippen molar-refractivity contribution >= 4 is 23.2 Å². The van der Waals surface area contributed by atoms with Crippen molar-refractivity contribution in [1.29, 1.82) is 0 Å². The van der Waals surface area contributed by atoms with Crippen molar-refractivity contribution in [3.63, 3.8) is 0 Å². The van der Waals surface area contributed by atoms with E-state index in [4.69, 9.17) is 23.2 Å². The molecule has 1 heterocycles. The molecule has 4 rings (SSSR count). The molecule has 2 aromatic carbocycles. The standard InChI is InChI=1S/C22H26Cl2N2O/c23-19-12-18(13-20(24)14-19)16-2-4-17(5-3-16)21(22(27)6-1-7-22)15-26-10-8-25-9-11-26/h2-5,12-14,21,25,27H,1,6-11,15H2. The van der Waals surface area contributed by atoms with Gasteiger partial charge in [-0.3, -0.25) is 0 Å². The average molecular weight is 405 g/mol. The number of piperazine rings is 1. The van der Waals surface area contributed by atoms with Crippen molar-refractivity contribution in [2.75, 3.05) is 32.7 Å². The van der Waals surface area contributed by atoms with Crippen molar-refractivity contribution in [2.24, 2.45) is 0 Å². The average Bonchev–Trinajstić information content (AvgIpc) is 2.64. The van der Waals surface area contributed by atoms with Gasteiger partial charge in [-0.2, -0.15) is 0 Å². The van der Waals surface area contributed by atoms with Gasteiger partial charge in [0.2, 0.25) is 0 Å². The molecule has 0 bridgehead atoms. The minimum atomic E-state index is -0.564. The minimum Gasteiger partial charge on any atom is -0.389 e. The molecule has 3 nitrogen and oxygen atoms in total. The van der Waals surface area contributed by atoms with Gasteiger partial charge in [0.1, 0.15) is 0 Å². The molecule has 1 aliphatic heterocycles. The van der Waals surface area contributed by atoms with Gasteiger partial charge in [0.05, 0.1) is 5.60 Å². The first kappa shape index (κ1) is 19.2. The quantitative estimate of drug-likeness (QED) is 0.766. The van der Waals surface area contributed by atoms with E-state index in [-0.39, 0.29) is 5.92 Å². The molecule has 1 atom stereocenters. The third kappa shape index (κ3) is 4.33. The van der Waals surface area contributed by atoms with E-state index >= 15 is 0 Å². The summed E-state index contributed by atoms with van der Waals surface area (Å²) >= 11 is 12.3. The van der Waals surface area contributed by atoms with Gasteiger partial charge in [-0.15, -0.1) is 0 Å². The molecule has 27 heavy (non-hydrogen) atoms. The topological polar surface area (TPSA) is 35.5 Å². The lowest BCUT2D eigenvalue weighted by atomic mass is 9.68. The Morgan fingerprint density at radius 2 is 1.59 bits per heavy atom. The number of nitrogens with one attached hydrogen (secondary N) is 1. The summed E-state index contributed by atoms with van der Waals surface area (Å²) in [6.45, 7) is 5.07. The van der Waals surface area contributed by atoms with E-state index < -0.39 is 5.60 Å². The lowest BCUT2D eigenvalue weighted by Crippen LogP contribution is -2.51. The summed E-state index contributed by atoms with van der Waals surface area (Å²) < 4.78 is 0. The van der Waals surface area contributed by atoms with Crippen molar-refractivity contribution < 1.29 is 5.11 Å². The van der Waals surface area contributed by atoms with Gasteiger partial charge < -0.3 is 15.3 Å². The van der Waals surface area contributed by atoms with E-state index in [9.17, 15) is 5.11 Å². The second kappa shape index (κ2) is 8.10. The number of hydrogen-bond donors (Lipinski definition) is 2. The fourth-order valence-corrected chi connectivity index (χ4v) is 4.78. The molecule has 5 heteroatoms. The number of hydrogen-bond acceptors (Lipinski definition) is 3. The largest absolute Gasteiger partial charge is 0.389 e. The van der Waals surface area contributed by atoms with Crippen LogP contribution in [-0.4, -0.2) is 48.3 Å². The molecule has 0 amide bonds. The van der Waals surface area contributed by atoms with Crippen LogP contribution >= 0.6 is 23.2 Å². The molecule has 1 saturated carbocycles. The fourth-order valence-electron chi connectivity index (χ4n) is 4.25. The highest BCUT2D eigenvalue weighted by Gasteiger charge is 2.43. The summed E-state index contributed by atoms with van der Waals surface area (Å²) in [4.78, 5) is 2.47. The monoisotopic (exact) mass is 404 g/mol. The summed E-state index contributed by atoms with van der Waals surface area (Å²) in [7, 11) is 0. The lowest BCUT2D eigenvalue weighted by molar-refractivity contribution is -0.0652. The zero-order chi connectivity index (χ0) is 18.9. The maximum atomic E-state index is 11.1. The third-order valence-electron chi connectivity index (χ3n) is 6.03. The molecule has 1 saturated heterocycles. The Morgan fingerprint density at radius 3 is 2.15 bits per heavy atom.